The van der Waals surface area contributed by atoms with Crippen LogP contribution in [0.4, 0.5) is 0 Å². The first-order chi connectivity index (χ1) is 16.6. The molecular formula is C25H26N4O4S. The summed E-state index contributed by atoms with van der Waals surface area (Å²) in [6.07, 6.45) is 3.36. The van der Waals surface area contributed by atoms with Crippen molar-refractivity contribution in [3.63, 3.8) is 0 Å². The number of rotatable bonds is 10. The van der Waals surface area contributed by atoms with Gasteiger partial charge >= 0.3 is 0 Å². The highest BCUT2D eigenvalue weighted by Crippen LogP contribution is 2.32. The van der Waals surface area contributed by atoms with Gasteiger partial charge in [0.1, 0.15) is 24.0 Å². The molecule has 2 aromatic rings. The van der Waals surface area contributed by atoms with Crippen LogP contribution in [0.1, 0.15) is 32.3 Å². The lowest BCUT2D eigenvalue weighted by atomic mass is 10.1. The number of nitrogens with zero attached hydrogens (tertiary/aromatic N) is 3. The molecule has 2 aromatic carbocycles. The molecule has 0 unspecified atom stereocenters. The largest absolute Gasteiger partial charge is 0.490 e. The van der Waals surface area contributed by atoms with Gasteiger partial charge in [0.15, 0.2) is 17.3 Å². The first kappa shape index (κ1) is 23.6. The normalized spacial score (nSPS) is 16.3. The van der Waals surface area contributed by atoms with Gasteiger partial charge in [0.2, 0.25) is 5.17 Å². The maximum Gasteiger partial charge on any atom is 0.283 e. The number of para-hydroxylation sites is 1. The molecule has 0 radical (unpaired) electrons. The summed E-state index contributed by atoms with van der Waals surface area (Å²) in [4.78, 5) is 16.8. The summed E-state index contributed by atoms with van der Waals surface area (Å²) in [5.41, 5.74) is 0.880. The summed E-state index contributed by atoms with van der Waals surface area (Å²) in [7, 11) is 0. The fourth-order valence-corrected chi connectivity index (χ4v) is 4.33. The molecule has 0 atom stereocenters. The Kier molecular flexibility index (Phi) is 7.64. The van der Waals surface area contributed by atoms with Gasteiger partial charge in [0.25, 0.3) is 5.91 Å². The topological polar surface area (TPSA) is 96.6 Å². The van der Waals surface area contributed by atoms with Gasteiger partial charge < -0.3 is 14.2 Å². The Balaban J connectivity index is 1.47. The zero-order valence-electron chi connectivity index (χ0n) is 19.1. The number of carbonyl (C=O) groups is 1. The van der Waals surface area contributed by atoms with Crippen LogP contribution >= 0.6 is 11.8 Å². The van der Waals surface area contributed by atoms with E-state index in [1.807, 2.05) is 43.3 Å². The van der Waals surface area contributed by atoms with Crippen molar-refractivity contribution in [1.82, 2.24) is 5.01 Å². The van der Waals surface area contributed by atoms with E-state index in [2.05, 4.69) is 17.0 Å². The van der Waals surface area contributed by atoms with E-state index in [0.717, 1.165) is 23.6 Å². The van der Waals surface area contributed by atoms with Crippen LogP contribution in [0.5, 0.6) is 17.2 Å². The summed E-state index contributed by atoms with van der Waals surface area (Å²) in [6.45, 7) is 5.15. The number of nitrogens with one attached hydrogen (secondary N) is 1. The van der Waals surface area contributed by atoms with Crippen LogP contribution in [0.25, 0.3) is 6.08 Å². The molecule has 176 valence electrons. The minimum atomic E-state index is -0.451. The van der Waals surface area contributed by atoms with E-state index in [0.29, 0.717) is 42.1 Å². The number of amides is 1. The quantitative estimate of drug-likeness (QED) is 0.383. The zero-order valence-corrected chi connectivity index (χ0v) is 19.9. The number of hydrogen-bond acceptors (Lipinski definition) is 7. The third-order valence-corrected chi connectivity index (χ3v) is 5.86. The smallest absolute Gasteiger partial charge is 0.283 e. The number of hydrogen-bond donors (Lipinski definition) is 1. The summed E-state index contributed by atoms with van der Waals surface area (Å²) >= 11 is 1.34. The lowest BCUT2D eigenvalue weighted by Crippen LogP contribution is -2.35. The molecule has 0 aliphatic carbocycles. The molecule has 0 aromatic heterocycles. The number of fused-ring (bicyclic) bond motifs is 1. The lowest BCUT2D eigenvalue weighted by molar-refractivity contribution is -0.114. The van der Waals surface area contributed by atoms with Gasteiger partial charge in [-0.2, -0.15) is 15.1 Å². The van der Waals surface area contributed by atoms with Crippen molar-refractivity contribution in [2.75, 3.05) is 19.8 Å². The molecule has 1 amide bonds. The maximum atomic E-state index is 12.6. The van der Waals surface area contributed by atoms with Gasteiger partial charge in [-0.05, 0) is 67.4 Å². The van der Waals surface area contributed by atoms with E-state index in [-0.39, 0.29) is 11.4 Å². The number of thioether (sulfide) groups is 1. The molecule has 8 nitrogen and oxygen atoms in total. The van der Waals surface area contributed by atoms with E-state index in [9.17, 15) is 4.79 Å². The lowest BCUT2D eigenvalue weighted by Gasteiger charge is -2.20. The predicted octanol–water partition coefficient (Wildman–Crippen LogP) is 4.96. The molecule has 1 N–H and O–H groups in total. The van der Waals surface area contributed by atoms with E-state index in [4.69, 9.17) is 19.6 Å². The van der Waals surface area contributed by atoms with Crippen LogP contribution in [-0.4, -0.2) is 46.8 Å². The first-order valence-corrected chi connectivity index (χ1v) is 12.0. The molecule has 2 heterocycles. The Morgan fingerprint density at radius 2 is 1.82 bits per heavy atom. The third-order valence-electron chi connectivity index (χ3n) is 4.89. The number of carbonyl (C=O) groups excluding carboxylic acids is 1. The van der Waals surface area contributed by atoms with Crippen LogP contribution in [0, 0.1) is 5.41 Å². The van der Waals surface area contributed by atoms with Gasteiger partial charge in [0, 0.05) is 0 Å². The Morgan fingerprint density at radius 3 is 2.59 bits per heavy atom. The number of benzene rings is 2. The second-order valence-electron chi connectivity index (χ2n) is 7.41. The molecule has 0 spiro atoms. The molecule has 0 saturated carbocycles. The van der Waals surface area contributed by atoms with E-state index in [1.165, 1.54) is 16.8 Å². The van der Waals surface area contributed by atoms with E-state index >= 15 is 0 Å². The molecule has 9 heteroatoms. The summed E-state index contributed by atoms with van der Waals surface area (Å²) in [6, 6.07) is 14.9. The van der Waals surface area contributed by atoms with Crippen molar-refractivity contribution in [1.29, 1.82) is 5.41 Å². The average molecular weight is 479 g/mol. The minimum absolute atomic E-state index is 0.0185. The fraction of sp³-hybridized carbons (Fsp3) is 0.280. The van der Waals surface area contributed by atoms with Crippen LogP contribution in [-0.2, 0) is 4.79 Å². The molecule has 34 heavy (non-hydrogen) atoms. The number of aliphatic imine (C=N–C) groups is 1. The maximum absolute atomic E-state index is 12.6. The monoisotopic (exact) mass is 478 g/mol. The molecule has 4 rings (SSSR count). The van der Waals surface area contributed by atoms with E-state index in [1.54, 1.807) is 18.2 Å². The highest BCUT2D eigenvalue weighted by Gasteiger charge is 2.35. The Bertz CT molecular complexity index is 1160. The number of hydrazone groups is 1. The standard InChI is InChI=1S/C25H26N4O4S/c1-3-8-22-28-29-23(26)19(24(30)27-25(29)34-22)15-17-11-12-20(21(16-17)31-4-2)33-14-13-32-18-9-6-5-7-10-18/h5-7,9-12,15-16,26H,3-4,8,13-14H2,1-2H3/b19-15+,26-23?. The molecule has 2 aliphatic heterocycles. The second-order valence-corrected chi connectivity index (χ2v) is 8.45. The minimum Gasteiger partial charge on any atom is -0.490 e. The van der Waals surface area contributed by atoms with Crippen molar-refractivity contribution in [3.05, 3.63) is 59.7 Å². The van der Waals surface area contributed by atoms with Crippen molar-refractivity contribution in [2.24, 2.45) is 10.1 Å². The first-order valence-electron chi connectivity index (χ1n) is 11.2. The molecule has 0 fully saturated rings. The fourth-order valence-electron chi connectivity index (χ4n) is 3.34. The number of ether oxygens (including phenoxy) is 3. The Labute approximate surface area is 202 Å². The molecule has 0 saturated heterocycles. The predicted molar refractivity (Wildman–Crippen MR) is 135 cm³/mol. The third kappa shape index (κ3) is 5.48. The Morgan fingerprint density at radius 1 is 1.03 bits per heavy atom. The molecular weight excluding hydrogens is 452 g/mol. The van der Waals surface area contributed by atoms with Gasteiger partial charge in [-0.15, -0.1) is 0 Å². The van der Waals surface area contributed by atoms with Gasteiger partial charge in [-0.25, -0.2) is 0 Å². The van der Waals surface area contributed by atoms with Crippen LogP contribution in [0.3, 0.4) is 0 Å². The molecule has 2 aliphatic rings. The molecule has 0 bridgehead atoms. The zero-order chi connectivity index (χ0) is 23.9. The summed E-state index contributed by atoms with van der Waals surface area (Å²) in [5.74, 6) is 1.48. The van der Waals surface area contributed by atoms with Crippen LogP contribution in [0.2, 0.25) is 0 Å². The highest BCUT2D eigenvalue weighted by atomic mass is 32.2. The van der Waals surface area contributed by atoms with Gasteiger partial charge in [-0.1, -0.05) is 31.2 Å². The van der Waals surface area contributed by atoms with Crippen LogP contribution in [0.15, 0.2) is 64.2 Å². The second kappa shape index (κ2) is 11.0. The van der Waals surface area contributed by atoms with Crippen molar-refractivity contribution in [3.8, 4) is 17.2 Å². The SMILES string of the molecule is CCCC1=NN2C(=N)/C(=C\c3ccc(OCCOc4ccccc4)c(OCC)c3)C(=O)N=C2S1. The number of amidine groups is 2. The summed E-state index contributed by atoms with van der Waals surface area (Å²) in [5, 5.41) is 15.7. The van der Waals surface area contributed by atoms with Crippen LogP contribution < -0.4 is 14.2 Å². The Hall–Kier alpha value is -3.59. The summed E-state index contributed by atoms with van der Waals surface area (Å²) < 4.78 is 17.3. The van der Waals surface area contributed by atoms with Crippen molar-refractivity contribution < 1.29 is 19.0 Å². The average Bonchev–Trinajstić information content (AvgIpc) is 3.24. The van der Waals surface area contributed by atoms with Crippen molar-refractivity contribution >= 4 is 39.8 Å². The van der Waals surface area contributed by atoms with E-state index < -0.39 is 5.91 Å². The van der Waals surface area contributed by atoms with Gasteiger partial charge in [-0.3, -0.25) is 10.2 Å². The highest BCUT2D eigenvalue weighted by molar-refractivity contribution is 8.26. The van der Waals surface area contributed by atoms with Crippen molar-refractivity contribution in [2.45, 2.75) is 26.7 Å². The van der Waals surface area contributed by atoms with Gasteiger partial charge in [0.05, 0.1) is 12.2 Å².